The summed E-state index contributed by atoms with van der Waals surface area (Å²) in [5, 5.41) is 2.93. The van der Waals surface area contributed by atoms with Gasteiger partial charge in [0.2, 0.25) is 0 Å². The maximum absolute atomic E-state index is 13.7. The molecular weight excluding hydrogens is 256 g/mol. The standard InChI is InChI=1S/C9H9BrFN.ClH/c10-8-3-1-2-7(4-8)9(11)5-12-6-9;/h1-4,12H,5-6H2;1H. The van der Waals surface area contributed by atoms with E-state index in [-0.39, 0.29) is 12.4 Å². The molecule has 1 N–H and O–H groups in total. The van der Waals surface area contributed by atoms with Crippen LogP contribution in [0.4, 0.5) is 4.39 Å². The predicted molar refractivity (Wildman–Crippen MR) is 57.0 cm³/mol. The SMILES string of the molecule is Cl.FC1(c2cccc(Br)c2)CNC1. The maximum atomic E-state index is 13.7. The first-order valence-electron chi connectivity index (χ1n) is 3.86. The first-order valence-corrected chi connectivity index (χ1v) is 4.66. The molecule has 1 aliphatic rings. The average Bonchev–Trinajstić information content (AvgIpc) is 2.00. The second kappa shape index (κ2) is 3.95. The molecule has 0 bridgehead atoms. The summed E-state index contributed by atoms with van der Waals surface area (Å²) in [6.07, 6.45) is 0. The van der Waals surface area contributed by atoms with E-state index in [9.17, 15) is 4.39 Å². The summed E-state index contributed by atoms with van der Waals surface area (Å²) in [5.74, 6) is 0. The summed E-state index contributed by atoms with van der Waals surface area (Å²) in [6.45, 7) is 0.868. The van der Waals surface area contributed by atoms with E-state index in [1.54, 1.807) is 0 Å². The van der Waals surface area contributed by atoms with Gasteiger partial charge in [-0.25, -0.2) is 4.39 Å². The number of alkyl halides is 1. The molecule has 0 spiro atoms. The van der Waals surface area contributed by atoms with Crippen molar-refractivity contribution in [2.75, 3.05) is 13.1 Å². The maximum Gasteiger partial charge on any atom is 0.160 e. The lowest BCUT2D eigenvalue weighted by Crippen LogP contribution is -2.53. The van der Waals surface area contributed by atoms with Crippen LogP contribution in [0.1, 0.15) is 5.56 Å². The second-order valence-electron chi connectivity index (χ2n) is 3.08. The molecule has 4 heteroatoms. The number of halogens is 3. The lowest BCUT2D eigenvalue weighted by molar-refractivity contribution is 0.0891. The van der Waals surface area contributed by atoms with Crippen LogP contribution < -0.4 is 5.32 Å². The highest BCUT2D eigenvalue weighted by molar-refractivity contribution is 9.10. The molecule has 0 atom stereocenters. The summed E-state index contributed by atoms with van der Waals surface area (Å²) in [5.41, 5.74) is -0.375. The summed E-state index contributed by atoms with van der Waals surface area (Å²) in [4.78, 5) is 0. The van der Waals surface area contributed by atoms with Crippen molar-refractivity contribution in [3.05, 3.63) is 34.3 Å². The van der Waals surface area contributed by atoms with Crippen molar-refractivity contribution < 1.29 is 4.39 Å². The van der Waals surface area contributed by atoms with Gasteiger partial charge in [0, 0.05) is 17.6 Å². The Morgan fingerprint density at radius 1 is 1.38 bits per heavy atom. The third kappa shape index (κ3) is 2.03. The van der Waals surface area contributed by atoms with Crippen LogP contribution in [0.5, 0.6) is 0 Å². The fourth-order valence-corrected chi connectivity index (χ4v) is 1.72. The minimum atomic E-state index is -1.14. The van der Waals surface area contributed by atoms with Crippen LogP contribution in [-0.4, -0.2) is 13.1 Å². The van der Waals surface area contributed by atoms with Crippen molar-refractivity contribution in [1.29, 1.82) is 0 Å². The Bertz CT molecular complexity index is 301. The van der Waals surface area contributed by atoms with Crippen LogP contribution in [-0.2, 0) is 5.67 Å². The van der Waals surface area contributed by atoms with Crippen LogP contribution in [0.2, 0.25) is 0 Å². The number of rotatable bonds is 1. The molecule has 0 saturated carbocycles. The average molecular weight is 267 g/mol. The van der Waals surface area contributed by atoms with Crippen molar-refractivity contribution in [3.8, 4) is 0 Å². The first-order chi connectivity index (χ1) is 5.71. The van der Waals surface area contributed by atoms with Gasteiger partial charge in [-0.2, -0.15) is 0 Å². The van der Waals surface area contributed by atoms with Gasteiger partial charge in [0.25, 0.3) is 0 Å². The highest BCUT2D eigenvalue weighted by atomic mass is 79.9. The Balaban J connectivity index is 0.000000845. The highest BCUT2D eigenvalue weighted by Crippen LogP contribution is 2.31. The molecule has 2 rings (SSSR count). The van der Waals surface area contributed by atoms with Gasteiger partial charge in [-0.15, -0.1) is 12.4 Å². The zero-order chi connectivity index (χ0) is 8.60. The lowest BCUT2D eigenvalue weighted by Gasteiger charge is -2.35. The molecular formula is C9H10BrClFN. The van der Waals surface area contributed by atoms with E-state index in [2.05, 4.69) is 21.2 Å². The number of nitrogens with one attached hydrogen (secondary N) is 1. The van der Waals surface area contributed by atoms with E-state index in [0.29, 0.717) is 13.1 Å². The molecule has 1 aliphatic heterocycles. The molecule has 1 nitrogen and oxygen atoms in total. The Morgan fingerprint density at radius 3 is 2.54 bits per heavy atom. The molecule has 0 radical (unpaired) electrons. The van der Waals surface area contributed by atoms with Gasteiger partial charge < -0.3 is 5.32 Å². The fraction of sp³-hybridized carbons (Fsp3) is 0.333. The van der Waals surface area contributed by atoms with Crippen LogP contribution >= 0.6 is 28.3 Å². The van der Waals surface area contributed by atoms with Gasteiger partial charge in [-0.1, -0.05) is 28.1 Å². The van der Waals surface area contributed by atoms with Gasteiger partial charge in [-0.05, 0) is 17.7 Å². The molecule has 0 unspecified atom stereocenters. The molecule has 0 aromatic heterocycles. The third-order valence-corrected chi connectivity index (χ3v) is 2.65. The first kappa shape index (κ1) is 11.0. The molecule has 1 saturated heterocycles. The van der Waals surface area contributed by atoms with Crippen LogP contribution in [0.15, 0.2) is 28.7 Å². The normalized spacial score (nSPS) is 18.6. The van der Waals surface area contributed by atoms with E-state index in [1.807, 2.05) is 24.3 Å². The molecule has 72 valence electrons. The predicted octanol–water partition coefficient (Wildman–Crippen LogP) is 2.64. The van der Waals surface area contributed by atoms with Crippen molar-refractivity contribution in [3.63, 3.8) is 0 Å². The minimum Gasteiger partial charge on any atom is -0.310 e. The molecule has 0 aliphatic carbocycles. The van der Waals surface area contributed by atoms with Gasteiger partial charge >= 0.3 is 0 Å². The topological polar surface area (TPSA) is 12.0 Å². The van der Waals surface area contributed by atoms with Crippen molar-refractivity contribution in [1.82, 2.24) is 5.32 Å². The quantitative estimate of drug-likeness (QED) is 0.824. The Hall–Kier alpha value is -0.120. The zero-order valence-corrected chi connectivity index (χ0v) is 9.29. The van der Waals surface area contributed by atoms with E-state index in [0.717, 1.165) is 10.0 Å². The molecule has 1 aromatic carbocycles. The van der Waals surface area contributed by atoms with Crippen molar-refractivity contribution in [2.45, 2.75) is 5.67 Å². The van der Waals surface area contributed by atoms with Crippen molar-refractivity contribution >= 4 is 28.3 Å². The van der Waals surface area contributed by atoms with Gasteiger partial charge in [0.1, 0.15) is 0 Å². The monoisotopic (exact) mass is 265 g/mol. The number of hydrogen-bond donors (Lipinski definition) is 1. The van der Waals surface area contributed by atoms with E-state index in [1.165, 1.54) is 0 Å². The Labute approximate surface area is 91.3 Å². The molecule has 1 heterocycles. The number of hydrogen-bond acceptors (Lipinski definition) is 1. The highest BCUT2D eigenvalue weighted by Gasteiger charge is 2.38. The Morgan fingerprint density at radius 2 is 2.08 bits per heavy atom. The number of benzene rings is 1. The van der Waals surface area contributed by atoms with E-state index < -0.39 is 5.67 Å². The fourth-order valence-electron chi connectivity index (χ4n) is 1.32. The molecule has 1 aromatic rings. The van der Waals surface area contributed by atoms with Crippen LogP contribution in [0.25, 0.3) is 0 Å². The summed E-state index contributed by atoms with van der Waals surface area (Å²) >= 11 is 3.32. The van der Waals surface area contributed by atoms with E-state index in [4.69, 9.17) is 0 Å². The molecule has 1 fully saturated rings. The van der Waals surface area contributed by atoms with E-state index >= 15 is 0 Å². The molecule has 13 heavy (non-hydrogen) atoms. The smallest absolute Gasteiger partial charge is 0.160 e. The lowest BCUT2D eigenvalue weighted by atomic mass is 9.90. The summed E-state index contributed by atoms with van der Waals surface area (Å²) < 4.78 is 14.7. The van der Waals surface area contributed by atoms with Gasteiger partial charge in [0.05, 0.1) is 0 Å². The summed E-state index contributed by atoms with van der Waals surface area (Å²) in [7, 11) is 0. The Kier molecular flexibility index (Phi) is 3.33. The largest absolute Gasteiger partial charge is 0.310 e. The van der Waals surface area contributed by atoms with Crippen LogP contribution in [0, 0.1) is 0 Å². The minimum absolute atomic E-state index is 0. The molecule has 0 amide bonds. The second-order valence-corrected chi connectivity index (χ2v) is 3.99. The van der Waals surface area contributed by atoms with Gasteiger partial charge in [-0.3, -0.25) is 0 Å². The zero-order valence-electron chi connectivity index (χ0n) is 6.89. The third-order valence-electron chi connectivity index (χ3n) is 2.15. The van der Waals surface area contributed by atoms with Gasteiger partial charge in [0.15, 0.2) is 5.67 Å². The van der Waals surface area contributed by atoms with Crippen molar-refractivity contribution in [2.24, 2.45) is 0 Å². The summed E-state index contributed by atoms with van der Waals surface area (Å²) in [6, 6.07) is 7.42. The van der Waals surface area contributed by atoms with Crippen LogP contribution in [0.3, 0.4) is 0 Å².